The van der Waals surface area contributed by atoms with Crippen molar-refractivity contribution in [2.24, 2.45) is 0 Å². The second-order valence-electron chi connectivity index (χ2n) is 7.07. The average Bonchev–Trinajstić information content (AvgIpc) is 2.90. The number of amides is 1. The maximum Gasteiger partial charge on any atom is 0.410 e. The van der Waals surface area contributed by atoms with Crippen LogP contribution < -0.4 is 0 Å². The third kappa shape index (κ3) is 4.85. The highest BCUT2D eigenvalue weighted by Crippen LogP contribution is 2.31. The number of carbonyl (C=O) groups is 1. The molecule has 0 saturated carbocycles. The van der Waals surface area contributed by atoms with Gasteiger partial charge in [0, 0.05) is 11.6 Å². The lowest BCUT2D eigenvalue weighted by Gasteiger charge is -2.29. The van der Waals surface area contributed by atoms with E-state index in [1.165, 1.54) is 0 Å². The maximum atomic E-state index is 12.2. The molecule has 0 spiro atoms. The number of nitrogens with zero attached hydrogens (tertiary/aromatic N) is 1. The molecule has 0 N–H and O–H groups in total. The van der Waals surface area contributed by atoms with E-state index in [0.717, 1.165) is 18.4 Å². The van der Waals surface area contributed by atoms with Crippen LogP contribution in [0.15, 0.2) is 24.3 Å². The van der Waals surface area contributed by atoms with E-state index in [4.69, 9.17) is 21.1 Å². The number of benzene rings is 1. The Morgan fingerprint density at radius 3 is 2.65 bits per heavy atom. The van der Waals surface area contributed by atoms with Crippen molar-refractivity contribution in [1.82, 2.24) is 4.90 Å². The lowest BCUT2D eigenvalue weighted by molar-refractivity contribution is -0.0527. The molecule has 0 radical (unpaired) electrons. The van der Waals surface area contributed by atoms with Gasteiger partial charge in [-0.05, 0) is 45.2 Å². The minimum atomic E-state index is -0.479. The van der Waals surface area contributed by atoms with Gasteiger partial charge in [0.25, 0.3) is 0 Å². The Balaban J connectivity index is 1.97. The van der Waals surface area contributed by atoms with Crippen molar-refractivity contribution in [2.45, 2.75) is 58.3 Å². The Bertz CT molecular complexity index is 555. The lowest BCUT2D eigenvalue weighted by Crippen LogP contribution is -2.40. The predicted octanol–water partition coefficient (Wildman–Crippen LogP) is 4.65. The summed E-state index contributed by atoms with van der Waals surface area (Å²) in [5.41, 5.74) is 0.168. The molecule has 1 aliphatic rings. The van der Waals surface area contributed by atoms with Crippen LogP contribution in [0.2, 0.25) is 5.02 Å². The van der Waals surface area contributed by atoms with Gasteiger partial charge in [0.15, 0.2) is 0 Å². The smallest absolute Gasteiger partial charge is 0.410 e. The number of ether oxygens (including phenoxy) is 2. The van der Waals surface area contributed by atoms with Crippen molar-refractivity contribution >= 4 is 17.7 Å². The molecule has 0 aliphatic carbocycles. The first-order chi connectivity index (χ1) is 10.7. The predicted molar refractivity (Wildman–Crippen MR) is 91.7 cm³/mol. The first-order valence-electron chi connectivity index (χ1n) is 8.10. The quantitative estimate of drug-likeness (QED) is 0.801. The minimum absolute atomic E-state index is 0.269. The molecule has 2 rings (SSSR count). The molecule has 0 bridgehead atoms. The second-order valence-corrected chi connectivity index (χ2v) is 7.48. The third-order valence-corrected chi connectivity index (χ3v) is 4.47. The van der Waals surface area contributed by atoms with E-state index in [1.54, 1.807) is 4.90 Å². The van der Waals surface area contributed by atoms with Crippen molar-refractivity contribution in [2.75, 3.05) is 13.1 Å². The zero-order chi connectivity index (χ0) is 17.1. The molecule has 1 heterocycles. The summed E-state index contributed by atoms with van der Waals surface area (Å²) in [7, 11) is 0. The van der Waals surface area contributed by atoms with E-state index < -0.39 is 5.60 Å². The SMILES string of the molecule is CCC1(OCc2ccccc2Cl)CCN(C(=O)OC(C)(C)C)C1. The van der Waals surface area contributed by atoms with Crippen molar-refractivity contribution < 1.29 is 14.3 Å². The summed E-state index contributed by atoms with van der Waals surface area (Å²) in [6.07, 6.45) is 1.39. The number of rotatable bonds is 4. The molecule has 1 aromatic rings. The highest BCUT2D eigenvalue weighted by atomic mass is 35.5. The van der Waals surface area contributed by atoms with Gasteiger partial charge in [0.1, 0.15) is 5.60 Å². The zero-order valence-corrected chi connectivity index (χ0v) is 15.2. The number of halogens is 1. The highest BCUT2D eigenvalue weighted by Gasteiger charge is 2.41. The van der Waals surface area contributed by atoms with Gasteiger partial charge in [-0.15, -0.1) is 0 Å². The highest BCUT2D eigenvalue weighted by molar-refractivity contribution is 6.31. The van der Waals surface area contributed by atoms with Crippen LogP contribution in [0.3, 0.4) is 0 Å². The molecular formula is C18H26ClNO3. The Labute approximate surface area is 143 Å². The van der Waals surface area contributed by atoms with Crippen molar-refractivity contribution in [3.63, 3.8) is 0 Å². The maximum absolute atomic E-state index is 12.2. The molecule has 128 valence electrons. The average molecular weight is 340 g/mol. The monoisotopic (exact) mass is 339 g/mol. The van der Waals surface area contributed by atoms with Gasteiger partial charge in [0.2, 0.25) is 0 Å². The van der Waals surface area contributed by atoms with Gasteiger partial charge in [0.05, 0.1) is 18.8 Å². The van der Waals surface area contributed by atoms with Gasteiger partial charge in [-0.25, -0.2) is 4.79 Å². The Morgan fingerprint density at radius 2 is 2.04 bits per heavy atom. The zero-order valence-electron chi connectivity index (χ0n) is 14.4. The molecule has 1 saturated heterocycles. The largest absolute Gasteiger partial charge is 0.444 e. The second kappa shape index (κ2) is 7.10. The summed E-state index contributed by atoms with van der Waals surface area (Å²) in [6, 6.07) is 7.68. The Morgan fingerprint density at radius 1 is 1.35 bits per heavy atom. The topological polar surface area (TPSA) is 38.8 Å². The van der Waals surface area contributed by atoms with Crippen molar-refractivity contribution in [3.05, 3.63) is 34.9 Å². The summed E-state index contributed by atoms with van der Waals surface area (Å²) in [5.74, 6) is 0. The summed E-state index contributed by atoms with van der Waals surface area (Å²) >= 11 is 6.19. The van der Waals surface area contributed by atoms with Crippen LogP contribution in [0.4, 0.5) is 4.79 Å². The third-order valence-electron chi connectivity index (χ3n) is 4.10. The molecule has 1 aliphatic heterocycles. The summed E-state index contributed by atoms with van der Waals surface area (Å²) < 4.78 is 11.6. The molecule has 5 heteroatoms. The Kier molecular flexibility index (Phi) is 5.58. The molecule has 4 nitrogen and oxygen atoms in total. The number of hydrogen-bond acceptors (Lipinski definition) is 3. The van der Waals surface area contributed by atoms with E-state index >= 15 is 0 Å². The molecule has 0 aromatic heterocycles. The normalized spacial score (nSPS) is 21.5. The molecule has 1 fully saturated rings. The van der Waals surface area contributed by atoms with Crippen LogP contribution in [0.25, 0.3) is 0 Å². The molecular weight excluding hydrogens is 314 g/mol. The Hall–Kier alpha value is -1.26. The number of likely N-dealkylation sites (tertiary alicyclic amines) is 1. The standard InChI is InChI=1S/C18H26ClNO3/c1-5-18(22-12-14-8-6-7-9-15(14)19)10-11-20(13-18)16(21)23-17(2,3)4/h6-9H,5,10-13H2,1-4H3. The van der Waals surface area contributed by atoms with E-state index in [-0.39, 0.29) is 11.7 Å². The van der Waals surface area contributed by atoms with Gasteiger partial charge < -0.3 is 14.4 Å². The van der Waals surface area contributed by atoms with Crippen LogP contribution in [-0.2, 0) is 16.1 Å². The van der Waals surface area contributed by atoms with Crippen LogP contribution in [0.1, 0.15) is 46.1 Å². The first kappa shape index (κ1) is 18.1. The van der Waals surface area contributed by atoms with Gasteiger partial charge >= 0.3 is 6.09 Å². The van der Waals surface area contributed by atoms with E-state index in [2.05, 4.69) is 6.92 Å². The number of carbonyl (C=O) groups excluding carboxylic acids is 1. The summed E-state index contributed by atoms with van der Waals surface area (Å²) in [4.78, 5) is 14.0. The minimum Gasteiger partial charge on any atom is -0.444 e. The summed E-state index contributed by atoms with van der Waals surface area (Å²) in [5, 5.41) is 0.709. The molecule has 23 heavy (non-hydrogen) atoms. The fraction of sp³-hybridized carbons (Fsp3) is 0.611. The molecule has 1 amide bonds. The fourth-order valence-corrected chi connectivity index (χ4v) is 2.87. The van der Waals surface area contributed by atoms with Gasteiger partial charge in [-0.3, -0.25) is 0 Å². The van der Waals surface area contributed by atoms with Crippen LogP contribution >= 0.6 is 11.6 Å². The lowest BCUT2D eigenvalue weighted by atomic mass is 9.99. The van der Waals surface area contributed by atoms with Crippen LogP contribution in [0, 0.1) is 0 Å². The molecule has 1 atom stereocenters. The van der Waals surface area contributed by atoms with E-state index in [1.807, 2.05) is 45.0 Å². The van der Waals surface area contributed by atoms with E-state index in [9.17, 15) is 4.79 Å². The van der Waals surface area contributed by atoms with E-state index in [0.29, 0.717) is 24.7 Å². The fourth-order valence-electron chi connectivity index (χ4n) is 2.68. The molecule has 1 unspecified atom stereocenters. The number of hydrogen-bond donors (Lipinski definition) is 0. The van der Waals surface area contributed by atoms with Crippen molar-refractivity contribution in [3.8, 4) is 0 Å². The van der Waals surface area contributed by atoms with Crippen LogP contribution in [-0.4, -0.2) is 35.3 Å². The van der Waals surface area contributed by atoms with Gasteiger partial charge in [-0.2, -0.15) is 0 Å². The summed E-state index contributed by atoms with van der Waals surface area (Å²) in [6.45, 7) is 9.39. The van der Waals surface area contributed by atoms with Gasteiger partial charge in [-0.1, -0.05) is 36.7 Å². The van der Waals surface area contributed by atoms with Crippen molar-refractivity contribution in [1.29, 1.82) is 0 Å². The van der Waals surface area contributed by atoms with Crippen LogP contribution in [0.5, 0.6) is 0 Å². The molecule has 1 aromatic carbocycles. The first-order valence-corrected chi connectivity index (χ1v) is 8.48.